The van der Waals surface area contributed by atoms with Gasteiger partial charge >= 0.3 is 0 Å². The average Bonchev–Trinajstić information content (AvgIpc) is 2.02. The number of rotatable bonds is 2. The van der Waals surface area contributed by atoms with Gasteiger partial charge in [-0.1, -0.05) is 6.07 Å². The number of nitrogens with one attached hydrogen (secondary N) is 1. The standard InChI is InChI=1S/C10H16N2.2ClH/c1-10(2,3)12-8-9-5-4-6-11-7-9;;/h4-7,12H,8H2,1-3H3;2*1H/p-2. The van der Waals surface area contributed by atoms with E-state index in [1.54, 1.807) is 6.20 Å². The fourth-order valence-electron chi connectivity index (χ4n) is 0.870. The van der Waals surface area contributed by atoms with Crippen molar-refractivity contribution in [3.63, 3.8) is 0 Å². The summed E-state index contributed by atoms with van der Waals surface area (Å²) in [6.45, 7) is 7.35. The molecule has 0 aliphatic rings. The summed E-state index contributed by atoms with van der Waals surface area (Å²) in [4.78, 5) is 4.05. The third-order valence-electron chi connectivity index (χ3n) is 1.55. The lowest BCUT2D eigenvalue weighted by Gasteiger charge is -2.20. The van der Waals surface area contributed by atoms with E-state index in [1.807, 2.05) is 12.3 Å². The first-order valence-electron chi connectivity index (χ1n) is 4.22. The molecule has 1 aromatic heterocycles. The molecule has 0 unspecified atom stereocenters. The Kier molecular flexibility index (Phi) is 8.12. The average molecular weight is 235 g/mol. The predicted molar refractivity (Wildman–Crippen MR) is 50.8 cm³/mol. The van der Waals surface area contributed by atoms with Crippen molar-refractivity contribution in [1.29, 1.82) is 0 Å². The van der Waals surface area contributed by atoms with Gasteiger partial charge < -0.3 is 30.1 Å². The van der Waals surface area contributed by atoms with Gasteiger partial charge in [0.25, 0.3) is 0 Å². The van der Waals surface area contributed by atoms with Gasteiger partial charge in [-0.25, -0.2) is 0 Å². The van der Waals surface area contributed by atoms with Crippen molar-refractivity contribution in [2.45, 2.75) is 32.9 Å². The van der Waals surface area contributed by atoms with Crippen LogP contribution in [0, 0.1) is 0 Å². The highest BCUT2D eigenvalue weighted by Crippen LogP contribution is 2.02. The Morgan fingerprint density at radius 2 is 1.93 bits per heavy atom. The largest absolute Gasteiger partial charge is 1.00 e. The molecule has 0 aromatic carbocycles. The van der Waals surface area contributed by atoms with E-state index in [0.717, 1.165) is 6.54 Å². The fourth-order valence-corrected chi connectivity index (χ4v) is 0.870. The van der Waals surface area contributed by atoms with Crippen LogP contribution in [0.5, 0.6) is 0 Å². The summed E-state index contributed by atoms with van der Waals surface area (Å²) in [5, 5.41) is 3.40. The van der Waals surface area contributed by atoms with E-state index in [-0.39, 0.29) is 30.4 Å². The maximum atomic E-state index is 4.05. The van der Waals surface area contributed by atoms with Crippen LogP contribution in [0.3, 0.4) is 0 Å². The monoisotopic (exact) mass is 234 g/mol. The van der Waals surface area contributed by atoms with Gasteiger partial charge in [0.1, 0.15) is 0 Å². The van der Waals surface area contributed by atoms with E-state index in [4.69, 9.17) is 0 Å². The number of hydrogen-bond acceptors (Lipinski definition) is 2. The molecule has 0 saturated carbocycles. The Morgan fingerprint density at radius 1 is 1.29 bits per heavy atom. The molecular weight excluding hydrogens is 219 g/mol. The summed E-state index contributed by atoms with van der Waals surface area (Å²) >= 11 is 0. The summed E-state index contributed by atoms with van der Waals surface area (Å²) in [5.74, 6) is 0. The molecule has 1 rings (SSSR count). The van der Waals surface area contributed by atoms with Crippen molar-refractivity contribution in [2.24, 2.45) is 0 Å². The summed E-state index contributed by atoms with van der Waals surface area (Å²) in [6.07, 6.45) is 3.68. The maximum Gasteiger partial charge on any atom is 0.0312 e. The summed E-state index contributed by atoms with van der Waals surface area (Å²) < 4.78 is 0. The van der Waals surface area contributed by atoms with Crippen LogP contribution in [0.2, 0.25) is 0 Å². The second-order valence-electron chi connectivity index (χ2n) is 3.96. The highest BCUT2D eigenvalue weighted by atomic mass is 35.5. The van der Waals surface area contributed by atoms with E-state index in [9.17, 15) is 0 Å². The van der Waals surface area contributed by atoms with Crippen molar-refractivity contribution < 1.29 is 24.8 Å². The zero-order valence-corrected chi connectivity index (χ0v) is 10.2. The molecule has 0 bridgehead atoms. The fraction of sp³-hybridized carbons (Fsp3) is 0.500. The molecule has 4 heteroatoms. The molecule has 0 fully saturated rings. The smallest absolute Gasteiger partial charge is 0.0312 e. The van der Waals surface area contributed by atoms with Crippen molar-refractivity contribution in [2.75, 3.05) is 0 Å². The SMILES string of the molecule is CC(C)(C)NCc1cccnc1.[Cl-].[Cl-]. The van der Waals surface area contributed by atoms with Crippen molar-refractivity contribution in [3.8, 4) is 0 Å². The third kappa shape index (κ3) is 7.13. The Bertz CT molecular complexity index is 232. The molecule has 14 heavy (non-hydrogen) atoms. The van der Waals surface area contributed by atoms with Crippen LogP contribution in [0.15, 0.2) is 24.5 Å². The second kappa shape index (κ2) is 7.04. The minimum atomic E-state index is 0. The molecule has 0 radical (unpaired) electrons. The quantitative estimate of drug-likeness (QED) is 0.565. The zero-order chi connectivity index (χ0) is 9.03. The van der Waals surface area contributed by atoms with Crippen LogP contribution in [-0.2, 0) is 6.54 Å². The Hall–Kier alpha value is -0.310. The van der Waals surface area contributed by atoms with Gasteiger partial charge in [-0.05, 0) is 32.4 Å². The minimum Gasteiger partial charge on any atom is -1.00 e. The summed E-state index contributed by atoms with van der Waals surface area (Å²) in [5.41, 5.74) is 1.41. The molecule has 0 aliphatic carbocycles. The number of nitrogens with zero attached hydrogens (tertiary/aromatic N) is 1. The number of aromatic nitrogens is 1. The second-order valence-corrected chi connectivity index (χ2v) is 3.96. The van der Waals surface area contributed by atoms with Crippen molar-refractivity contribution in [1.82, 2.24) is 10.3 Å². The van der Waals surface area contributed by atoms with Gasteiger partial charge in [-0.3, -0.25) is 4.98 Å². The van der Waals surface area contributed by atoms with Crippen LogP contribution in [0.25, 0.3) is 0 Å². The number of pyridine rings is 1. The minimum absolute atomic E-state index is 0. The van der Waals surface area contributed by atoms with E-state index in [1.165, 1.54) is 5.56 Å². The van der Waals surface area contributed by atoms with E-state index in [0.29, 0.717) is 0 Å². The lowest BCUT2D eigenvalue weighted by molar-refractivity contribution is -0.00100. The molecule has 0 atom stereocenters. The first-order chi connectivity index (χ1) is 5.58. The molecule has 1 N–H and O–H groups in total. The van der Waals surface area contributed by atoms with Gasteiger partial charge in [-0.2, -0.15) is 0 Å². The van der Waals surface area contributed by atoms with E-state index < -0.39 is 0 Å². The Labute approximate surface area is 98.3 Å². The van der Waals surface area contributed by atoms with Gasteiger partial charge in [0.15, 0.2) is 0 Å². The van der Waals surface area contributed by atoms with Crippen LogP contribution in [0.1, 0.15) is 26.3 Å². The van der Waals surface area contributed by atoms with Crippen LogP contribution >= 0.6 is 0 Å². The normalized spacial score (nSPS) is 9.93. The molecular formula is C10H16Cl2N2-2. The topological polar surface area (TPSA) is 24.9 Å². The maximum absolute atomic E-state index is 4.05. The molecule has 82 valence electrons. The molecule has 0 spiro atoms. The lowest BCUT2D eigenvalue weighted by Crippen LogP contribution is -3.00. The molecule has 2 nitrogen and oxygen atoms in total. The summed E-state index contributed by atoms with van der Waals surface area (Å²) in [6, 6.07) is 4.03. The van der Waals surface area contributed by atoms with Gasteiger partial charge in [0.05, 0.1) is 0 Å². The highest BCUT2D eigenvalue weighted by Gasteiger charge is 2.07. The van der Waals surface area contributed by atoms with Gasteiger partial charge in [-0.15, -0.1) is 0 Å². The first kappa shape index (κ1) is 16.1. The number of halogens is 2. The van der Waals surface area contributed by atoms with Crippen LogP contribution in [-0.4, -0.2) is 10.5 Å². The van der Waals surface area contributed by atoms with Crippen LogP contribution in [0.4, 0.5) is 0 Å². The highest BCUT2D eigenvalue weighted by molar-refractivity contribution is 5.08. The third-order valence-corrected chi connectivity index (χ3v) is 1.55. The van der Waals surface area contributed by atoms with E-state index in [2.05, 4.69) is 37.1 Å². The van der Waals surface area contributed by atoms with Crippen molar-refractivity contribution in [3.05, 3.63) is 30.1 Å². The molecule has 0 saturated heterocycles. The molecule has 0 aliphatic heterocycles. The zero-order valence-electron chi connectivity index (χ0n) is 8.72. The molecule has 1 heterocycles. The predicted octanol–water partition coefficient (Wildman–Crippen LogP) is -4.02. The van der Waals surface area contributed by atoms with Gasteiger partial charge in [0.2, 0.25) is 0 Å². The first-order valence-corrected chi connectivity index (χ1v) is 4.22. The van der Waals surface area contributed by atoms with Crippen molar-refractivity contribution >= 4 is 0 Å². The summed E-state index contributed by atoms with van der Waals surface area (Å²) in [7, 11) is 0. The number of hydrogen-bond donors (Lipinski definition) is 1. The van der Waals surface area contributed by atoms with Gasteiger partial charge in [0, 0.05) is 24.5 Å². The molecule has 0 amide bonds. The Balaban J connectivity index is 0. The molecule has 1 aromatic rings. The Morgan fingerprint density at radius 3 is 2.36 bits per heavy atom. The van der Waals surface area contributed by atoms with Crippen LogP contribution < -0.4 is 30.1 Å². The lowest BCUT2D eigenvalue weighted by atomic mass is 10.1. The van der Waals surface area contributed by atoms with E-state index >= 15 is 0 Å².